The number of carbonyl (C=O) groups is 3. The lowest BCUT2D eigenvalue weighted by molar-refractivity contribution is -0.175. The summed E-state index contributed by atoms with van der Waals surface area (Å²) in [5.74, 6) is 0.490. The lowest BCUT2D eigenvalue weighted by Crippen LogP contribution is -2.62. The van der Waals surface area contributed by atoms with E-state index < -0.39 is 24.2 Å². The highest BCUT2D eigenvalue weighted by Gasteiger charge is 2.57. The summed E-state index contributed by atoms with van der Waals surface area (Å²) >= 11 is 0. The van der Waals surface area contributed by atoms with Gasteiger partial charge in [-0.3, -0.25) is 19.2 Å². The minimum Gasteiger partial charge on any atom is -0.462 e. The Labute approximate surface area is 286 Å². The first kappa shape index (κ1) is 35.8. The van der Waals surface area contributed by atoms with Gasteiger partial charge in [0.25, 0.3) is 5.91 Å². The Morgan fingerprint density at radius 1 is 1.17 bits per heavy atom. The molecule has 1 saturated heterocycles. The molecule has 0 radical (unpaired) electrons. The molecule has 1 heterocycles. The van der Waals surface area contributed by atoms with Crippen molar-refractivity contribution in [2.24, 2.45) is 34.8 Å². The normalized spacial score (nSPS) is 28.2. The summed E-state index contributed by atoms with van der Waals surface area (Å²) in [6.45, 7) is 13.1. The lowest BCUT2D eigenvalue weighted by Gasteiger charge is -2.62. The molecule has 2 aromatic carbocycles. The van der Waals surface area contributed by atoms with Gasteiger partial charge in [0.15, 0.2) is 0 Å². The van der Waals surface area contributed by atoms with Crippen LogP contribution >= 0.6 is 0 Å². The zero-order chi connectivity index (χ0) is 35.1. The molecule has 48 heavy (non-hydrogen) atoms. The highest BCUT2D eigenvalue weighted by atomic mass is 16.7. The van der Waals surface area contributed by atoms with Crippen LogP contribution in [0.2, 0.25) is 0 Å². The Morgan fingerprint density at radius 2 is 1.90 bits per heavy atom. The molecule has 3 saturated carbocycles. The number of esters is 1. The summed E-state index contributed by atoms with van der Waals surface area (Å²) in [6, 6.07) is 11.3. The van der Waals surface area contributed by atoms with Crippen molar-refractivity contribution in [3.63, 3.8) is 0 Å². The van der Waals surface area contributed by atoms with Crippen LogP contribution in [0.3, 0.4) is 0 Å². The average Bonchev–Trinajstić information content (AvgIpc) is 3.44. The van der Waals surface area contributed by atoms with E-state index in [0.29, 0.717) is 35.3 Å². The number of hydrogen-bond acceptors (Lipinski definition) is 8. The maximum atomic E-state index is 14.4. The zero-order valence-electron chi connectivity index (χ0n) is 30.1. The molecule has 4 aliphatic rings. The standard InChI is InChI=1S/C38H55N5O5/c1-10-33(44)47-23(4)34-32(19-39)48-43(35(34)37(46)41-31-18-27-17-30(22(31)3)38(27,5)6)20-24-12-11-13-29(21(24)2)25-14-26(36(45)40-7)16-28(15-25)42(8)9/h11-16,22-23,27,30-32,34-35H,10,17-20,39H2,1-9H3,(H,40,45)(H,41,46)/t22-,23-,27-,30+,31-,32-,34+,35-/m0/s1. The van der Waals surface area contributed by atoms with Gasteiger partial charge in [0.05, 0.1) is 18.6 Å². The average molecular weight is 662 g/mol. The summed E-state index contributed by atoms with van der Waals surface area (Å²) in [5.41, 5.74) is 11.9. The molecule has 6 rings (SSSR count). The molecular formula is C38H55N5O5. The van der Waals surface area contributed by atoms with Crippen LogP contribution in [0.1, 0.15) is 75.4 Å². The quantitative estimate of drug-likeness (QED) is 0.297. The number of hydroxylamine groups is 2. The van der Waals surface area contributed by atoms with Crippen molar-refractivity contribution in [2.75, 3.05) is 32.6 Å². The van der Waals surface area contributed by atoms with E-state index in [-0.39, 0.29) is 36.8 Å². The molecule has 0 aromatic heterocycles. The fraction of sp³-hybridized carbons (Fsp3) is 0.605. The number of hydrogen-bond donors (Lipinski definition) is 3. The van der Waals surface area contributed by atoms with Crippen molar-refractivity contribution >= 4 is 23.5 Å². The third kappa shape index (κ3) is 6.71. The van der Waals surface area contributed by atoms with E-state index in [4.69, 9.17) is 15.3 Å². The monoisotopic (exact) mass is 661 g/mol. The number of nitrogens with zero attached hydrogens (tertiary/aromatic N) is 2. The van der Waals surface area contributed by atoms with Crippen molar-refractivity contribution in [3.8, 4) is 11.1 Å². The Balaban J connectivity index is 1.47. The van der Waals surface area contributed by atoms with E-state index in [0.717, 1.165) is 34.4 Å². The molecule has 262 valence electrons. The first-order chi connectivity index (χ1) is 22.7. The van der Waals surface area contributed by atoms with Gasteiger partial charge < -0.3 is 26.0 Å². The highest BCUT2D eigenvalue weighted by molar-refractivity contribution is 5.96. The van der Waals surface area contributed by atoms with Gasteiger partial charge >= 0.3 is 5.97 Å². The van der Waals surface area contributed by atoms with Crippen LogP contribution in [0, 0.1) is 36.0 Å². The highest BCUT2D eigenvalue weighted by Crippen LogP contribution is 2.61. The van der Waals surface area contributed by atoms with E-state index in [1.54, 1.807) is 19.0 Å². The molecule has 0 unspecified atom stereocenters. The second-order valence-corrected chi connectivity index (χ2v) is 14.9. The van der Waals surface area contributed by atoms with Crippen molar-refractivity contribution in [3.05, 3.63) is 53.1 Å². The van der Waals surface area contributed by atoms with Crippen LogP contribution in [-0.2, 0) is 25.7 Å². The first-order valence-electron chi connectivity index (χ1n) is 17.5. The molecule has 10 nitrogen and oxygen atoms in total. The van der Waals surface area contributed by atoms with Crippen molar-refractivity contribution in [1.29, 1.82) is 0 Å². The van der Waals surface area contributed by atoms with Crippen LogP contribution in [0.5, 0.6) is 0 Å². The molecule has 2 aromatic rings. The second-order valence-electron chi connectivity index (χ2n) is 14.9. The van der Waals surface area contributed by atoms with E-state index in [1.165, 1.54) is 6.42 Å². The SMILES string of the molecule is CCC(=O)O[C@@H](C)[C@@H]1[C@H](CN)ON(Cc2cccc(-c3cc(C(=O)NC)cc(N(C)C)c3)c2C)[C@@H]1C(=O)N[C@H]1C[C@@H]2C[C@H]([C@@H]1C)C2(C)C. The molecule has 2 bridgehead atoms. The fourth-order valence-corrected chi connectivity index (χ4v) is 8.52. The second kappa shape index (κ2) is 14.2. The van der Waals surface area contributed by atoms with E-state index in [2.05, 4.69) is 44.4 Å². The maximum Gasteiger partial charge on any atom is 0.305 e. The first-order valence-corrected chi connectivity index (χ1v) is 17.5. The molecule has 10 heteroatoms. The number of amides is 2. The minimum absolute atomic E-state index is 0.0748. The predicted octanol–water partition coefficient (Wildman–Crippen LogP) is 4.68. The molecule has 4 fully saturated rings. The third-order valence-electron chi connectivity index (χ3n) is 11.7. The van der Waals surface area contributed by atoms with Gasteiger partial charge in [-0.1, -0.05) is 45.9 Å². The van der Waals surface area contributed by atoms with Gasteiger partial charge in [-0.15, -0.1) is 0 Å². The molecule has 2 amide bonds. The Kier molecular flexibility index (Phi) is 10.6. The van der Waals surface area contributed by atoms with E-state index in [1.807, 2.05) is 56.3 Å². The van der Waals surface area contributed by atoms with Gasteiger partial charge in [0.1, 0.15) is 12.1 Å². The smallest absolute Gasteiger partial charge is 0.305 e. The van der Waals surface area contributed by atoms with Gasteiger partial charge in [0.2, 0.25) is 5.91 Å². The van der Waals surface area contributed by atoms with Crippen molar-refractivity contribution in [1.82, 2.24) is 15.7 Å². The summed E-state index contributed by atoms with van der Waals surface area (Å²) in [5, 5.41) is 7.92. The van der Waals surface area contributed by atoms with Crippen molar-refractivity contribution in [2.45, 2.75) is 91.6 Å². The zero-order valence-corrected chi connectivity index (χ0v) is 30.1. The number of ether oxygens (including phenoxy) is 1. The molecule has 3 aliphatic carbocycles. The number of carbonyl (C=O) groups excluding carboxylic acids is 3. The number of nitrogens with one attached hydrogen (secondary N) is 2. The van der Waals surface area contributed by atoms with Gasteiger partial charge in [-0.2, -0.15) is 5.06 Å². The van der Waals surface area contributed by atoms with Gasteiger partial charge in [-0.05, 0) is 90.3 Å². The Morgan fingerprint density at radius 3 is 2.50 bits per heavy atom. The number of anilines is 1. The van der Waals surface area contributed by atoms with Crippen LogP contribution in [-0.4, -0.2) is 74.8 Å². The maximum absolute atomic E-state index is 14.4. The predicted molar refractivity (Wildman–Crippen MR) is 188 cm³/mol. The number of nitrogens with two attached hydrogens (primary N) is 1. The van der Waals surface area contributed by atoms with Crippen LogP contribution in [0.4, 0.5) is 5.69 Å². The molecular weight excluding hydrogens is 606 g/mol. The van der Waals surface area contributed by atoms with Crippen LogP contribution in [0.25, 0.3) is 11.1 Å². The van der Waals surface area contributed by atoms with E-state index in [9.17, 15) is 14.4 Å². The van der Waals surface area contributed by atoms with Gasteiger partial charge in [0, 0.05) is 51.4 Å². The molecule has 4 N–H and O–H groups in total. The largest absolute Gasteiger partial charge is 0.462 e. The van der Waals surface area contributed by atoms with Crippen LogP contribution < -0.4 is 21.3 Å². The topological polar surface area (TPSA) is 126 Å². The summed E-state index contributed by atoms with van der Waals surface area (Å²) < 4.78 is 5.81. The van der Waals surface area contributed by atoms with E-state index >= 15 is 0 Å². The minimum atomic E-state index is -0.711. The lowest BCUT2D eigenvalue weighted by atomic mass is 9.45. The van der Waals surface area contributed by atoms with Crippen molar-refractivity contribution < 1.29 is 24.0 Å². The Hall–Kier alpha value is -3.47. The third-order valence-corrected chi connectivity index (χ3v) is 11.7. The number of rotatable bonds is 11. The molecule has 8 atom stereocenters. The Bertz CT molecular complexity index is 1520. The van der Waals surface area contributed by atoms with Gasteiger partial charge in [-0.25, -0.2) is 0 Å². The molecule has 1 aliphatic heterocycles. The summed E-state index contributed by atoms with van der Waals surface area (Å²) in [6.07, 6.45) is 1.34. The number of benzene rings is 2. The van der Waals surface area contributed by atoms with Crippen LogP contribution in [0.15, 0.2) is 36.4 Å². The number of fused-ring (bicyclic) bond motifs is 2. The summed E-state index contributed by atoms with van der Waals surface area (Å²) in [4.78, 5) is 48.0. The molecule has 0 spiro atoms. The summed E-state index contributed by atoms with van der Waals surface area (Å²) in [7, 11) is 5.53. The fourth-order valence-electron chi connectivity index (χ4n) is 8.52.